The highest BCUT2D eigenvalue weighted by atomic mass is 16.6. The van der Waals surface area contributed by atoms with Gasteiger partial charge in [0.25, 0.3) is 0 Å². The van der Waals surface area contributed by atoms with Gasteiger partial charge >= 0.3 is 12.1 Å². The predicted octanol–water partition coefficient (Wildman–Crippen LogP) is 5.97. The van der Waals surface area contributed by atoms with E-state index in [1.807, 2.05) is 67.6 Å². The molecular formula is C47H63N5O11. The van der Waals surface area contributed by atoms with Gasteiger partial charge in [-0.1, -0.05) is 60.7 Å². The van der Waals surface area contributed by atoms with Gasteiger partial charge in [0, 0.05) is 30.6 Å². The predicted molar refractivity (Wildman–Crippen MR) is 240 cm³/mol. The monoisotopic (exact) mass is 873 g/mol. The third-order valence-electron chi connectivity index (χ3n) is 9.33. The number of nitrogens with zero attached hydrogens (tertiary/aromatic N) is 2. The molecule has 0 aliphatic carbocycles. The molecule has 16 nitrogen and oxygen atoms in total. The van der Waals surface area contributed by atoms with Gasteiger partial charge in [0.15, 0.2) is 0 Å². The number of nitrogens with one attached hydrogen (secondary N) is 2. The van der Waals surface area contributed by atoms with Crippen LogP contribution in [0, 0.1) is 6.92 Å². The molecule has 16 heteroatoms. The number of ether oxygens (including phenoxy) is 6. The van der Waals surface area contributed by atoms with Crippen LogP contribution in [-0.4, -0.2) is 119 Å². The molecule has 0 saturated carbocycles. The molecule has 0 aliphatic rings. The molecule has 4 rings (SSSR count). The molecule has 0 saturated heterocycles. The number of rotatable bonds is 28. The van der Waals surface area contributed by atoms with Crippen LogP contribution in [0.2, 0.25) is 0 Å². The summed E-state index contributed by atoms with van der Waals surface area (Å²) >= 11 is 0. The van der Waals surface area contributed by atoms with Crippen molar-refractivity contribution in [3.63, 3.8) is 0 Å². The second-order valence-electron chi connectivity index (χ2n) is 15.6. The van der Waals surface area contributed by atoms with Crippen molar-refractivity contribution in [1.82, 2.24) is 15.6 Å². The molecule has 4 aromatic rings. The van der Waals surface area contributed by atoms with Crippen LogP contribution in [0.15, 0.2) is 78.9 Å². The van der Waals surface area contributed by atoms with Gasteiger partial charge in [0.2, 0.25) is 11.8 Å². The number of carboxylic acids is 1. The fourth-order valence-electron chi connectivity index (χ4n) is 6.39. The first kappa shape index (κ1) is 50.0. The fourth-order valence-corrected chi connectivity index (χ4v) is 6.39. The minimum Gasteiger partial charge on any atom is -0.491 e. The van der Waals surface area contributed by atoms with Crippen LogP contribution in [0.4, 0.5) is 10.6 Å². The summed E-state index contributed by atoms with van der Waals surface area (Å²) in [5.74, 6) is -0.782. The Morgan fingerprint density at radius 1 is 0.746 bits per heavy atom. The van der Waals surface area contributed by atoms with E-state index in [0.717, 1.165) is 33.3 Å². The van der Waals surface area contributed by atoms with Crippen LogP contribution >= 0.6 is 0 Å². The molecule has 1 aromatic heterocycles. The standard InChI is InChI=1S/C47H63N5O11/c1-34-10-9-13-42(50-34)52(46(57)63-47(2,3)4)22-8-7-14-43(53)49-33-44(54)51-40(32-45(55)56)36-17-15-35(16-18-36)37-19-20-41(39-12-6-5-11-38(37)39)62-31-30-61-29-28-60-27-26-59-25-24-58-23-21-48/h5-6,9-13,15-20,40H,7-8,14,21-33,48H2,1-4H3,(H,49,53)(H,51,54)(H,55,56). The maximum absolute atomic E-state index is 13.0. The summed E-state index contributed by atoms with van der Waals surface area (Å²) in [6, 6.07) is 23.7. The van der Waals surface area contributed by atoms with E-state index in [9.17, 15) is 24.3 Å². The lowest BCUT2D eigenvalue weighted by Gasteiger charge is -2.27. The SMILES string of the molecule is Cc1cccc(N(CCCCC(=O)NCC(=O)NC(CC(=O)O)c2ccc(-c3ccc(OCCOCCOCCOCCOCCN)c4ccccc34)cc2)C(=O)OC(C)(C)C)n1. The normalized spacial score (nSPS) is 11.8. The smallest absolute Gasteiger partial charge is 0.416 e. The van der Waals surface area contributed by atoms with Gasteiger partial charge in [-0.3, -0.25) is 19.3 Å². The Labute approximate surface area is 369 Å². The first-order valence-electron chi connectivity index (χ1n) is 21.3. The zero-order valence-electron chi connectivity index (χ0n) is 36.9. The maximum atomic E-state index is 13.0. The molecule has 342 valence electrons. The number of anilines is 1. The van der Waals surface area contributed by atoms with Gasteiger partial charge in [-0.25, -0.2) is 9.78 Å². The number of benzene rings is 3. The number of carbonyl (C=O) groups is 4. The molecule has 0 aliphatic heterocycles. The fraction of sp³-hybridized carbons (Fsp3) is 0.468. The number of carboxylic acid groups (broad SMARTS) is 1. The van der Waals surface area contributed by atoms with Crippen LogP contribution in [0.5, 0.6) is 5.75 Å². The summed E-state index contributed by atoms with van der Waals surface area (Å²) < 4.78 is 33.6. The Hall–Kier alpha value is -5.65. The van der Waals surface area contributed by atoms with Crippen molar-refractivity contribution >= 4 is 40.5 Å². The van der Waals surface area contributed by atoms with Crippen LogP contribution < -0.4 is 26.0 Å². The first-order valence-corrected chi connectivity index (χ1v) is 21.3. The van der Waals surface area contributed by atoms with E-state index in [2.05, 4.69) is 15.6 Å². The highest BCUT2D eigenvalue weighted by Crippen LogP contribution is 2.35. The number of unbranched alkanes of at least 4 members (excludes halogenated alkanes) is 1. The largest absolute Gasteiger partial charge is 0.491 e. The zero-order valence-corrected chi connectivity index (χ0v) is 36.9. The van der Waals surface area contributed by atoms with Crippen molar-refractivity contribution in [3.8, 4) is 16.9 Å². The molecular weight excluding hydrogens is 811 g/mol. The van der Waals surface area contributed by atoms with Crippen molar-refractivity contribution in [1.29, 1.82) is 0 Å². The molecule has 1 unspecified atom stereocenters. The minimum absolute atomic E-state index is 0.119. The van der Waals surface area contributed by atoms with E-state index in [-0.39, 0.29) is 31.8 Å². The average molecular weight is 874 g/mol. The molecule has 0 spiro atoms. The summed E-state index contributed by atoms with van der Waals surface area (Å²) in [4.78, 5) is 56.4. The Kier molecular flexibility index (Phi) is 21.2. The van der Waals surface area contributed by atoms with Crippen LogP contribution in [0.3, 0.4) is 0 Å². The van der Waals surface area contributed by atoms with E-state index < -0.39 is 29.6 Å². The number of hydrogen-bond donors (Lipinski definition) is 4. The average Bonchev–Trinajstić information content (AvgIpc) is 3.24. The third-order valence-corrected chi connectivity index (χ3v) is 9.33. The first-order chi connectivity index (χ1) is 30.3. The van der Waals surface area contributed by atoms with E-state index in [0.29, 0.717) is 90.2 Å². The number of pyridine rings is 1. The van der Waals surface area contributed by atoms with Crippen LogP contribution in [0.25, 0.3) is 21.9 Å². The second-order valence-corrected chi connectivity index (χ2v) is 15.6. The van der Waals surface area contributed by atoms with Crippen molar-refractivity contribution in [3.05, 3.63) is 90.1 Å². The Morgan fingerprint density at radius 3 is 2.00 bits per heavy atom. The van der Waals surface area contributed by atoms with Crippen LogP contribution in [-0.2, 0) is 38.1 Å². The molecule has 0 fully saturated rings. The number of aliphatic carboxylic acids is 1. The lowest BCUT2D eigenvalue weighted by atomic mass is 9.95. The van der Waals surface area contributed by atoms with Gasteiger partial charge < -0.3 is 49.9 Å². The molecule has 1 atom stereocenters. The van der Waals surface area contributed by atoms with E-state index >= 15 is 0 Å². The lowest BCUT2D eigenvalue weighted by molar-refractivity contribution is -0.138. The van der Waals surface area contributed by atoms with Gasteiger partial charge in [-0.15, -0.1) is 0 Å². The third kappa shape index (κ3) is 18.3. The summed E-state index contributed by atoms with van der Waals surface area (Å²) in [5.41, 5.74) is 7.89. The molecule has 1 heterocycles. The quantitative estimate of drug-likeness (QED) is 0.0485. The number of aromatic nitrogens is 1. The summed E-state index contributed by atoms with van der Waals surface area (Å²) in [6.07, 6.45) is 0.161. The Bertz CT molecular complexity index is 2040. The van der Waals surface area contributed by atoms with E-state index in [1.54, 1.807) is 39.0 Å². The Morgan fingerprint density at radius 2 is 1.38 bits per heavy atom. The van der Waals surface area contributed by atoms with Crippen LogP contribution in [0.1, 0.15) is 63.8 Å². The molecule has 5 N–H and O–H groups in total. The highest BCUT2D eigenvalue weighted by Gasteiger charge is 2.24. The molecule has 0 bridgehead atoms. The van der Waals surface area contributed by atoms with Gasteiger partial charge in [0.1, 0.15) is 23.8 Å². The number of carbonyl (C=O) groups excluding carboxylic acids is 3. The van der Waals surface area contributed by atoms with E-state index in [4.69, 9.17) is 34.2 Å². The molecule has 0 radical (unpaired) electrons. The topological polar surface area (TPSA) is 210 Å². The zero-order chi connectivity index (χ0) is 45.5. The maximum Gasteiger partial charge on any atom is 0.416 e. The summed E-state index contributed by atoms with van der Waals surface area (Å²) in [5, 5.41) is 16.9. The number of hydrogen-bond acceptors (Lipinski definition) is 12. The highest BCUT2D eigenvalue weighted by molar-refractivity contribution is 6.00. The second kappa shape index (κ2) is 26.7. The molecule has 63 heavy (non-hydrogen) atoms. The number of nitrogens with two attached hydrogens (primary N) is 1. The number of aryl methyl sites for hydroxylation is 1. The number of amides is 3. The van der Waals surface area contributed by atoms with Crippen molar-refractivity contribution in [2.45, 2.75) is 65.0 Å². The Balaban J connectivity index is 1.23. The lowest BCUT2D eigenvalue weighted by Crippen LogP contribution is -2.39. The molecule has 3 amide bonds. The molecule has 3 aromatic carbocycles. The van der Waals surface area contributed by atoms with Gasteiger partial charge in [-0.2, -0.15) is 0 Å². The summed E-state index contributed by atoms with van der Waals surface area (Å²) in [7, 11) is 0. The van der Waals surface area contributed by atoms with Crippen molar-refractivity contribution in [2.24, 2.45) is 5.73 Å². The van der Waals surface area contributed by atoms with Gasteiger partial charge in [-0.05, 0) is 80.8 Å². The summed E-state index contributed by atoms with van der Waals surface area (Å²) in [6.45, 7) is 11.7. The van der Waals surface area contributed by atoms with E-state index in [1.165, 1.54) is 4.90 Å². The van der Waals surface area contributed by atoms with Crippen molar-refractivity contribution in [2.75, 3.05) is 84.0 Å². The van der Waals surface area contributed by atoms with Gasteiger partial charge in [0.05, 0.1) is 71.9 Å². The minimum atomic E-state index is -1.09. The van der Waals surface area contributed by atoms with Crippen molar-refractivity contribution < 1.29 is 52.7 Å². The number of fused-ring (bicyclic) bond motifs is 1.